The number of carbonyl (C=O) groups is 1. The first-order valence-corrected chi connectivity index (χ1v) is 11.3. The lowest BCUT2D eigenvalue weighted by molar-refractivity contribution is -0.120. The highest BCUT2D eigenvalue weighted by molar-refractivity contribution is 5.99. The lowest BCUT2D eigenvalue weighted by Gasteiger charge is -2.25. The predicted octanol–water partition coefficient (Wildman–Crippen LogP) is 4.43. The normalized spacial score (nSPS) is 13.5. The van der Waals surface area contributed by atoms with Gasteiger partial charge in [0.2, 0.25) is 5.91 Å². The van der Waals surface area contributed by atoms with Gasteiger partial charge in [-0.25, -0.2) is 9.97 Å². The smallest absolute Gasteiger partial charge is 0.244 e. The number of fused-ring (bicyclic) bond motifs is 1. The molecule has 1 amide bonds. The number of para-hydroxylation sites is 1. The monoisotopic (exact) mass is 434 g/mol. The number of hydrogen-bond donors (Lipinski definition) is 1. The van der Waals surface area contributed by atoms with Crippen molar-refractivity contribution in [1.82, 2.24) is 15.3 Å². The van der Waals surface area contributed by atoms with Crippen LogP contribution in [-0.4, -0.2) is 28.5 Å². The van der Waals surface area contributed by atoms with Gasteiger partial charge in [0, 0.05) is 36.7 Å². The topological polar surface area (TPSA) is 58.1 Å². The van der Waals surface area contributed by atoms with Crippen LogP contribution in [0.3, 0.4) is 0 Å². The Morgan fingerprint density at radius 3 is 2.36 bits per heavy atom. The Labute approximate surface area is 194 Å². The van der Waals surface area contributed by atoms with E-state index in [4.69, 9.17) is 0 Å². The largest absolute Gasteiger partial charge is 0.310 e. The van der Waals surface area contributed by atoms with Crippen molar-refractivity contribution in [2.24, 2.45) is 0 Å². The minimum absolute atomic E-state index is 0.127. The van der Waals surface area contributed by atoms with Crippen LogP contribution in [-0.2, 0) is 24.2 Å². The van der Waals surface area contributed by atoms with E-state index in [1.165, 1.54) is 11.9 Å². The van der Waals surface area contributed by atoms with Crippen molar-refractivity contribution in [2.75, 3.05) is 11.4 Å². The number of nitrogens with zero attached hydrogens (tertiary/aromatic N) is 3. The van der Waals surface area contributed by atoms with Crippen LogP contribution in [0.1, 0.15) is 16.7 Å². The molecule has 5 rings (SSSR count). The summed E-state index contributed by atoms with van der Waals surface area (Å²) < 4.78 is 0. The molecular weight excluding hydrogens is 408 g/mol. The zero-order valence-corrected chi connectivity index (χ0v) is 18.4. The van der Waals surface area contributed by atoms with E-state index in [9.17, 15) is 4.79 Å². The van der Waals surface area contributed by atoms with E-state index in [1.807, 2.05) is 53.7 Å². The number of aromatic nitrogens is 2. The Morgan fingerprint density at radius 1 is 0.848 bits per heavy atom. The summed E-state index contributed by atoms with van der Waals surface area (Å²) in [6, 6.07) is 26.4. The van der Waals surface area contributed by atoms with Gasteiger partial charge in [-0.2, -0.15) is 0 Å². The summed E-state index contributed by atoms with van der Waals surface area (Å²) in [7, 11) is 0. The van der Waals surface area contributed by atoms with Crippen molar-refractivity contribution in [1.29, 1.82) is 0 Å². The summed E-state index contributed by atoms with van der Waals surface area (Å²) in [6.07, 6.45) is 6.71. The third kappa shape index (κ3) is 4.83. The molecule has 2 heterocycles. The molecule has 1 atom stereocenters. The number of amides is 1. The SMILES string of the molecule is O=C([C@H](Cc1ccccc1)NCc1ccc(-c2cncnc2)cc1)N1CCc2ccccc21. The lowest BCUT2D eigenvalue weighted by atomic mass is 10.0. The van der Waals surface area contributed by atoms with Crippen molar-refractivity contribution in [2.45, 2.75) is 25.4 Å². The summed E-state index contributed by atoms with van der Waals surface area (Å²) in [4.78, 5) is 23.7. The molecule has 1 aliphatic heterocycles. The van der Waals surface area contributed by atoms with Gasteiger partial charge in [0.15, 0.2) is 0 Å². The van der Waals surface area contributed by atoms with Crippen molar-refractivity contribution in [3.8, 4) is 11.1 Å². The predicted molar refractivity (Wildman–Crippen MR) is 131 cm³/mol. The van der Waals surface area contributed by atoms with Gasteiger partial charge in [-0.3, -0.25) is 4.79 Å². The molecule has 4 aromatic rings. The summed E-state index contributed by atoms with van der Waals surface area (Å²) in [6.45, 7) is 1.35. The zero-order valence-electron chi connectivity index (χ0n) is 18.4. The fourth-order valence-electron chi connectivity index (χ4n) is 4.36. The number of carbonyl (C=O) groups excluding carboxylic acids is 1. The Kier molecular flexibility index (Phi) is 6.22. The third-order valence-electron chi connectivity index (χ3n) is 6.13. The molecule has 0 saturated carbocycles. The second-order valence-corrected chi connectivity index (χ2v) is 8.32. The average molecular weight is 435 g/mol. The summed E-state index contributed by atoms with van der Waals surface area (Å²) in [5, 5.41) is 3.54. The number of rotatable bonds is 7. The van der Waals surface area contributed by atoms with Crippen LogP contribution in [0.4, 0.5) is 5.69 Å². The minimum Gasteiger partial charge on any atom is -0.310 e. The van der Waals surface area contributed by atoms with Crippen LogP contribution in [0.15, 0.2) is 97.6 Å². The maximum atomic E-state index is 13.6. The molecule has 1 N–H and O–H groups in total. The molecule has 0 saturated heterocycles. The summed E-state index contributed by atoms with van der Waals surface area (Å²) in [5.74, 6) is 0.127. The number of hydrogen-bond acceptors (Lipinski definition) is 4. The minimum atomic E-state index is -0.305. The molecule has 5 nitrogen and oxygen atoms in total. The molecule has 0 aliphatic carbocycles. The molecule has 0 fully saturated rings. The second kappa shape index (κ2) is 9.76. The van der Waals surface area contributed by atoms with Gasteiger partial charge in [-0.1, -0.05) is 72.8 Å². The van der Waals surface area contributed by atoms with E-state index in [-0.39, 0.29) is 11.9 Å². The van der Waals surface area contributed by atoms with Gasteiger partial charge in [-0.15, -0.1) is 0 Å². The van der Waals surface area contributed by atoms with E-state index in [0.29, 0.717) is 13.0 Å². The van der Waals surface area contributed by atoms with Crippen LogP contribution >= 0.6 is 0 Å². The van der Waals surface area contributed by atoms with Crippen LogP contribution < -0.4 is 10.2 Å². The molecular formula is C28H26N4O. The Bertz CT molecular complexity index is 1210. The van der Waals surface area contributed by atoms with Gasteiger partial charge in [0.05, 0.1) is 6.04 Å². The Balaban J connectivity index is 1.32. The molecule has 0 radical (unpaired) electrons. The highest BCUT2D eigenvalue weighted by Gasteiger charge is 2.29. The molecule has 0 spiro atoms. The zero-order chi connectivity index (χ0) is 22.5. The molecule has 0 unspecified atom stereocenters. The van der Waals surface area contributed by atoms with Crippen molar-refractivity contribution in [3.63, 3.8) is 0 Å². The molecule has 5 heteroatoms. The fourth-order valence-corrected chi connectivity index (χ4v) is 4.36. The first-order valence-electron chi connectivity index (χ1n) is 11.3. The first-order chi connectivity index (χ1) is 16.3. The standard InChI is InChI=1S/C28H26N4O/c33-28(32-15-14-24-8-4-5-9-27(24)32)26(16-21-6-2-1-3-7-21)31-17-22-10-12-23(13-11-22)25-18-29-20-30-19-25/h1-13,18-20,26,31H,14-17H2/t26-/m0/s1. The molecule has 0 bridgehead atoms. The maximum Gasteiger partial charge on any atom is 0.244 e. The highest BCUT2D eigenvalue weighted by Crippen LogP contribution is 2.28. The highest BCUT2D eigenvalue weighted by atomic mass is 16.2. The van der Waals surface area contributed by atoms with Crippen LogP contribution in [0.25, 0.3) is 11.1 Å². The molecule has 33 heavy (non-hydrogen) atoms. The van der Waals surface area contributed by atoms with Gasteiger partial charge in [0.25, 0.3) is 0 Å². The average Bonchev–Trinajstić information content (AvgIpc) is 3.32. The van der Waals surface area contributed by atoms with Crippen LogP contribution in [0.5, 0.6) is 0 Å². The van der Waals surface area contributed by atoms with E-state index in [2.05, 4.69) is 57.7 Å². The van der Waals surface area contributed by atoms with Gasteiger partial charge >= 0.3 is 0 Å². The molecule has 1 aromatic heterocycles. The van der Waals surface area contributed by atoms with Crippen LogP contribution in [0.2, 0.25) is 0 Å². The molecule has 1 aliphatic rings. The van der Waals surface area contributed by atoms with Gasteiger partial charge < -0.3 is 10.2 Å². The Hall–Kier alpha value is -3.83. The molecule has 3 aromatic carbocycles. The summed E-state index contributed by atoms with van der Waals surface area (Å²) >= 11 is 0. The fraction of sp³-hybridized carbons (Fsp3) is 0.179. The van der Waals surface area contributed by atoms with Crippen molar-refractivity contribution >= 4 is 11.6 Å². The summed E-state index contributed by atoms with van der Waals surface area (Å²) in [5.41, 5.74) is 6.62. The van der Waals surface area contributed by atoms with E-state index >= 15 is 0 Å². The maximum absolute atomic E-state index is 13.6. The number of anilines is 1. The lowest BCUT2D eigenvalue weighted by Crippen LogP contribution is -2.47. The van der Waals surface area contributed by atoms with E-state index in [1.54, 1.807) is 0 Å². The second-order valence-electron chi connectivity index (χ2n) is 8.32. The first kappa shape index (κ1) is 21.0. The number of benzene rings is 3. The molecule has 164 valence electrons. The van der Waals surface area contributed by atoms with E-state index < -0.39 is 0 Å². The van der Waals surface area contributed by atoms with Crippen molar-refractivity contribution < 1.29 is 4.79 Å². The quantitative estimate of drug-likeness (QED) is 0.467. The number of nitrogens with one attached hydrogen (secondary N) is 1. The van der Waals surface area contributed by atoms with Crippen LogP contribution in [0, 0.1) is 0 Å². The van der Waals surface area contributed by atoms with Gasteiger partial charge in [0.1, 0.15) is 6.33 Å². The Morgan fingerprint density at radius 2 is 1.58 bits per heavy atom. The third-order valence-corrected chi connectivity index (χ3v) is 6.13. The van der Waals surface area contributed by atoms with Crippen molar-refractivity contribution in [3.05, 3.63) is 114 Å². The van der Waals surface area contributed by atoms with Gasteiger partial charge in [-0.05, 0) is 41.2 Å². The van der Waals surface area contributed by atoms with E-state index in [0.717, 1.165) is 40.9 Å².